The minimum absolute atomic E-state index is 0.701. The Labute approximate surface area is 121 Å². The number of nitrogens with zero attached hydrogens (tertiary/aromatic N) is 2. The fourth-order valence-corrected chi connectivity index (χ4v) is 3.69. The summed E-state index contributed by atoms with van der Waals surface area (Å²) in [6, 6.07) is 8.22. The third-order valence-electron chi connectivity index (χ3n) is 4.73. The van der Waals surface area contributed by atoms with Crippen molar-refractivity contribution in [3.63, 3.8) is 0 Å². The van der Waals surface area contributed by atoms with Crippen molar-refractivity contribution in [2.45, 2.75) is 57.3 Å². The average molecular weight is 275 g/mol. The van der Waals surface area contributed by atoms with Crippen molar-refractivity contribution < 1.29 is 4.74 Å². The minimum Gasteiger partial charge on any atom is -0.481 e. The summed E-state index contributed by atoms with van der Waals surface area (Å²) >= 11 is 0. The first-order valence-electron chi connectivity index (χ1n) is 7.78. The maximum absolute atomic E-state index is 5.22. The van der Waals surface area contributed by atoms with Crippen molar-refractivity contribution in [3.05, 3.63) is 23.9 Å². The molecule has 4 nitrogen and oxygen atoms in total. The molecule has 2 aliphatic heterocycles. The van der Waals surface area contributed by atoms with Crippen LogP contribution in [0.3, 0.4) is 0 Å². The molecular formula is C16H25N3O. The number of ether oxygens (including phenoxy) is 1. The van der Waals surface area contributed by atoms with Crippen LogP contribution in [0.25, 0.3) is 0 Å². The maximum atomic E-state index is 5.22. The van der Waals surface area contributed by atoms with Crippen molar-refractivity contribution in [2.75, 3.05) is 13.7 Å². The van der Waals surface area contributed by atoms with Crippen molar-refractivity contribution in [1.29, 1.82) is 0 Å². The summed E-state index contributed by atoms with van der Waals surface area (Å²) in [6.45, 7) is 4.27. The maximum Gasteiger partial charge on any atom is 0.213 e. The number of rotatable bonds is 5. The molecule has 2 saturated heterocycles. The number of fused-ring (bicyclic) bond motifs is 2. The van der Waals surface area contributed by atoms with Gasteiger partial charge in [-0.2, -0.15) is 0 Å². The van der Waals surface area contributed by atoms with Gasteiger partial charge in [-0.25, -0.2) is 4.98 Å². The molecule has 110 valence electrons. The third kappa shape index (κ3) is 2.96. The van der Waals surface area contributed by atoms with Crippen LogP contribution in [0.4, 0.5) is 0 Å². The standard InChI is InChI=1S/C16H25N3O/c1-3-19(11-14-5-4-6-16(18-14)20-2)15-9-12-7-8-13(10-15)17-12/h4-6,12-13,15,17H,3,7-11H2,1-2H3. The van der Waals surface area contributed by atoms with E-state index in [1.807, 2.05) is 12.1 Å². The lowest BCUT2D eigenvalue weighted by Crippen LogP contribution is -2.48. The van der Waals surface area contributed by atoms with E-state index in [4.69, 9.17) is 4.74 Å². The average Bonchev–Trinajstić information content (AvgIpc) is 2.83. The monoisotopic (exact) mass is 275 g/mol. The van der Waals surface area contributed by atoms with E-state index in [-0.39, 0.29) is 0 Å². The first kappa shape index (κ1) is 13.8. The summed E-state index contributed by atoms with van der Waals surface area (Å²) in [7, 11) is 1.67. The quantitative estimate of drug-likeness (QED) is 0.894. The second-order valence-corrected chi connectivity index (χ2v) is 6.00. The van der Waals surface area contributed by atoms with Gasteiger partial charge in [0.15, 0.2) is 0 Å². The molecule has 0 aromatic carbocycles. The normalized spacial score (nSPS) is 28.9. The predicted molar refractivity (Wildman–Crippen MR) is 79.8 cm³/mol. The van der Waals surface area contributed by atoms with Gasteiger partial charge in [0.2, 0.25) is 5.88 Å². The summed E-state index contributed by atoms with van der Waals surface area (Å²) in [5.74, 6) is 0.712. The molecule has 0 radical (unpaired) electrons. The van der Waals surface area contributed by atoms with Crippen LogP contribution >= 0.6 is 0 Å². The Bertz CT molecular complexity index is 439. The molecule has 2 atom stereocenters. The molecule has 4 heteroatoms. The van der Waals surface area contributed by atoms with E-state index in [1.165, 1.54) is 25.7 Å². The summed E-state index contributed by atoms with van der Waals surface area (Å²) in [5, 5.41) is 3.72. The summed E-state index contributed by atoms with van der Waals surface area (Å²) in [6.07, 6.45) is 5.29. The molecular weight excluding hydrogens is 250 g/mol. The molecule has 1 aromatic rings. The minimum atomic E-state index is 0.701. The molecule has 3 rings (SSSR count). The Kier molecular flexibility index (Phi) is 4.22. The lowest BCUT2D eigenvalue weighted by Gasteiger charge is -2.37. The molecule has 0 amide bonds. The van der Waals surface area contributed by atoms with Crippen LogP contribution in [0.2, 0.25) is 0 Å². The zero-order chi connectivity index (χ0) is 13.9. The first-order chi connectivity index (χ1) is 9.78. The smallest absolute Gasteiger partial charge is 0.213 e. The number of piperidine rings is 1. The molecule has 2 aliphatic rings. The van der Waals surface area contributed by atoms with Crippen LogP contribution in [0.5, 0.6) is 5.88 Å². The molecule has 1 N–H and O–H groups in total. The molecule has 0 saturated carbocycles. The molecule has 2 bridgehead atoms. The van der Waals surface area contributed by atoms with E-state index in [9.17, 15) is 0 Å². The van der Waals surface area contributed by atoms with Gasteiger partial charge in [0, 0.05) is 30.7 Å². The topological polar surface area (TPSA) is 37.4 Å². The van der Waals surface area contributed by atoms with E-state index in [2.05, 4.69) is 28.2 Å². The Balaban J connectivity index is 1.67. The summed E-state index contributed by atoms with van der Waals surface area (Å²) < 4.78 is 5.22. The van der Waals surface area contributed by atoms with Crippen LogP contribution in [0, 0.1) is 0 Å². The van der Waals surface area contributed by atoms with Crippen LogP contribution in [-0.2, 0) is 6.54 Å². The lowest BCUT2D eigenvalue weighted by atomic mass is 9.98. The number of pyridine rings is 1. The number of methoxy groups -OCH3 is 1. The van der Waals surface area contributed by atoms with Crippen molar-refractivity contribution >= 4 is 0 Å². The van der Waals surface area contributed by atoms with Crippen molar-refractivity contribution in [2.24, 2.45) is 0 Å². The van der Waals surface area contributed by atoms with Crippen LogP contribution < -0.4 is 10.1 Å². The third-order valence-corrected chi connectivity index (χ3v) is 4.73. The van der Waals surface area contributed by atoms with Gasteiger partial charge in [-0.1, -0.05) is 13.0 Å². The Morgan fingerprint density at radius 1 is 1.30 bits per heavy atom. The number of hydrogen-bond donors (Lipinski definition) is 1. The van der Waals surface area contributed by atoms with E-state index in [0.717, 1.165) is 30.9 Å². The predicted octanol–water partition coefficient (Wildman–Crippen LogP) is 2.20. The highest BCUT2D eigenvalue weighted by atomic mass is 16.5. The van der Waals surface area contributed by atoms with Crippen molar-refractivity contribution in [1.82, 2.24) is 15.2 Å². The van der Waals surface area contributed by atoms with Gasteiger partial charge in [0.05, 0.1) is 12.8 Å². The SMILES string of the molecule is CCN(Cc1cccc(OC)n1)C1CC2CCC(C1)N2. The molecule has 1 aromatic heterocycles. The van der Waals surface area contributed by atoms with Crippen LogP contribution in [0.15, 0.2) is 18.2 Å². The number of nitrogens with one attached hydrogen (secondary N) is 1. The molecule has 2 fully saturated rings. The highest BCUT2D eigenvalue weighted by Gasteiger charge is 2.35. The van der Waals surface area contributed by atoms with E-state index in [0.29, 0.717) is 11.9 Å². The molecule has 0 aliphatic carbocycles. The highest BCUT2D eigenvalue weighted by Crippen LogP contribution is 2.30. The van der Waals surface area contributed by atoms with Crippen molar-refractivity contribution in [3.8, 4) is 5.88 Å². The molecule has 0 spiro atoms. The van der Waals surface area contributed by atoms with Crippen LogP contribution in [-0.4, -0.2) is 41.7 Å². The van der Waals surface area contributed by atoms with Gasteiger partial charge in [-0.05, 0) is 38.3 Å². The zero-order valence-corrected chi connectivity index (χ0v) is 12.5. The van der Waals surface area contributed by atoms with Crippen LogP contribution in [0.1, 0.15) is 38.3 Å². The first-order valence-corrected chi connectivity index (χ1v) is 7.78. The van der Waals surface area contributed by atoms with E-state index in [1.54, 1.807) is 7.11 Å². The van der Waals surface area contributed by atoms with E-state index < -0.39 is 0 Å². The fourth-order valence-electron chi connectivity index (χ4n) is 3.69. The van der Waals surface area contributed by atoms with Gasteiger partial charge >= 0.3 is 0 Å². The highest BCUT2D eigenvalue weighted by molar-refractivity contribution is 5.15. The lowest BCUT2D eigenvalue weighted by molar-refractivity contribution is 0.139. The van der Waals surface area contributed by atoms with E-state index >= 15 is 0 Å². The summed E-state index contributed by atoms with van der Waals surface area (Å²) in [4.78, 5) is 7.13. The fraction of sp³-hybridized carbons (Fsp3) is 0.688. The number of hydrogen-bond acceptors (Lipinski definition) is 4. The molecule has 2 unspecified atom stereocenters. The van der Waals surface area contributed by atoms with Gasteiger partial charge in [-0.3, -0.25) is 4.90 Å². The Morgan fingerprint density at radius 3 is 2.70 bits per heavy atom. The van der Waals surface area contributed by atoms with Gasteiger partial charge in [-0.15, -0.1) is 0 Å². The Hall–Kier alpha value is -1.13. The largest absolute Gasteiger partial charge is 0.481 e. The molecule has 3 heterocycles. The number of aromatic nitrogens is 1. The van der Waals surface area contributed by atoms with Gasteiger partial charge in [0.25, 0.3) is 0 Å². The van der Waals surface area contributed by atoms with Gasteiger partial charge < -0.3 is 10.1 Å². The summed E-state index contributed by atoms with van der Waals surface area (Å²) in [5.41, 5.74) is 1.11. The second kappa shape index (κ2) is 6.10. The Morgan fingerprint density at radius 2 is 2.05 bits per heavy atom. The zero-order valence-electron chi connectivity index (χ0n) is 12.5. The van der Waals surface area contributed by atoms with Gasteiger partial charge in [0.1, 0.15) is 0 Å². The second-order valence-electron chi connectivity index (χ2n) is 6.00. The molecule has 20 heavy (non-hydrogen) atoms.